The Morgan fingerprint density at radius 3 is 2.40 bits per heavy atom. The van der Waals surface area contributed by atoms with Gasteiger partial charge in [-0.3, -0.25) is 4.79 Å². The highest BCUT2D eigenvalue weighted by atomic mass is 19.1. The summed E-state index contributed by atoms with van der Waals surface area (Å²) < 4.78 is 15.2. The third kappa shape index (κ3) is 2.46. The van der Waals surface area contributed by atoms with Crippen molar-refractivity contribution in [1.29, 1.82) is 0 Å². The highest BCUT2D eigenvalue weighted by molar-refractivity contribution is 5.83. The van der Waals surface area contributed by atoms with Gasteiger partial charge in [-0.25, -0.2) is 4.39 Å². The lowest BCUT2D eigenvalue weighted by Crippen LogP contribution is -2.57. The molecule has 0 aromatic carbocycles. The van der Waals surface area contributed by atoms with E-state index in [4.69, 9.17) is 0 Å². The Hall–Kier alpha value is -0.480. The Balaban J connectivity index is 1.63. The number of fused-ring (bicyclic) bond motifs is 5. The van der Waals surface area contributed by atoms with Crippen LogP contribution in [0.5, 0.6) is 0 Å². The standard InChI is InChI=1S/C21H33FO3/c1-20-8-6-15-13(14(20)3-4-16(20)19(25)11-23)10-18(22)17-9-12(24)5-7-21(15,17)2/h12-18,23-24H,3-11H2,1-2H3/t12-,13+,14+,15+,16-,17+,18-,20+,21-/m1/s1. The lowest BCUT2D eigenvalue weighted by molar-refractivity contribution is -0.158. The Morgan fingerprint density at radius 1 is 1.00 bits per heavy atom. The molecule has 4 saturated carbocycles. The van der Waals surface area contributed by atoms with Crippen molar-refractivity contribution in [3.05, 3.63) is 0 Å². The fourth-order valence-electron chi connectivity index (χ4n) is 7.86. The van der Waals surface area contributed by atoms with E-state index in [1.54, 1.807) is 0 Å². The van der Waals surface area contributed by atoms with Gasteiger partial charge in [-0.2, -0.15) is 0 Å². The van der Waals surface area contributed by atoms with Gasteiger partial charge >= 0.3 is 0 Å². The van der Waals surface area contributed by atoms with Crippen LogP contribution in [0.25, 0.3) is 0 Å². The van der Waals surface area contributed by atoms with E-state index in [0.29, 0.717) is 30.6 Å². The zero-order valence-corrected chi connectivity index (χ0v) is 15.6. The van der Waals surface area contributed by atoms with Gasteiger partial charge in [0.2, 0.25) is 0 Å². The van der Waals surface area contributed by atoms with Gasteiger partial charge in [0.15, 0.2) is 5.78 Å². The molecule has 142 valence electrons. The van der Waals surface area contributed by atoms with Gasteiger partial charge < -0.3 is 10.2 Å². The molecule has 0 unspecified atom stereocenters. The third-order valence-corrected chi connectivity index (χ3v) is 9.15. The largest absolute Gasteiger partial charge is 0.393 e. The second kappa shape index (κ2) is 6.02. The third-order valence-electron chi connectivity index (χ3n) is 9.15. The smallest absolute Gasteiger partial charge is 0.161 e. The molecule has 4 heteroatoms. The minimum atomic E-state index is -0.823. The molecular weight excluding hydrogens is 319 g/mol. The average molecular weight is 352 g/mol. The number of carbonyl (C=O) groups is 1. The average Bonchev–Trinajstić information content (AvgIpc) is 2.93. The number of halogens is 1. The predicted octanol–water partition coefficient (Wildman–Crippen LogP) is 3.52. The van der Waals surface area contributed by atoms with Gasteiger partial charge in [-0.05, 0) is 85.9 Å². The first-order valence-electron chi connectivity index (χ1n) is 10.3. The van der Waals surface area contributed by atoms with E-state index in [1.165, 1.54) is 0 Å². The summed E-state index contributed by atoms with van der Waals surface area (Å²) in [4.78, 5) is 12.3. The second-order valence-corrected chi connectivity index (χ2v) is 9.97. The van der Waals surface area contributed by atoms with Gasteiger partial charge in [-0.1, -0.05) is 13.8 Å². The summed E-state index contributed by atoms with van der Waals surface area (Å²) >= 11 is 0. The Morgan fingerprint density at radius 2 is 1.68 bits per heavy atom. The van der Waals surface area contributed by atoms with Gasteiger partial charge in [-0.15, -0.1) is 0 Å². The monoisotopic (exact) mass is 352 g/mol. The molecule has 0 radical (unpaired) electrons. The summed E-state index contributed by atoms with van der Waals surface area (Å²) in [5, 5.41) is 19.4. The van der Waals surface area contributed by atoms with Gasteiger partial charge in [0.05, 0.1) is 6.10 Å². The van der Waals surface area contributed by atoms with Crippen LogP contribution in [0.4, 0.5) is 4.39 Å². The number of hydrogen-bond acceptors (Lipinski definition) is 3. The highest BCUT2D eigenvalue weighted by Gasteiger charge is 2.63. The van der Waals surface area contributed by atoms with Crippen LogP contribution >= 0.6 is 0 Å². The Kier molecular flexibility index (Phi) is 4.31. The van der Waals surface area contributed by atoms with E-state index in [2.05, 4.69) is 13.8 Å². The molecule has 0 bridgehead atoms. The van der Waals surface area contributed by atoms with Crippen molar-refractivity contribution in [2.24, 2.45) is 40.4 Å². The number of aliphatic hydroxyl groups is 2. The lowest BCUT2D eigenvalue weighted by Gasteiger charge is -2.61. The zero-order chi connectivity index (χ0) is 18.0. The van der Waals surface area contributed by atoms with Crippen LogP contribution in [0, 0.1) is 40.4 Å². The highest BCUT2D eigenvalue weighted by Crippen LogP contribution is 2.67. The summed E-state index contributed by atoms with van der Waals surface area (Å²) in [7, 11) is 0. The second-order valence-electron chi connectivity index (χ2n) is 9.97. The first kappa shape index (κ1) is 17.9. The van der Waals surface area contributed by atoms with Crippen LogP contribution in [-0.2, 0) is 4.79 Å². The molecule has 25 heavy (non-hydrogen) atoms. The Bertz CT molecular complexity index is 551. The fraction of sp³-hybridized carbons (Fsp3) is 0.952. The summed E-state index contributed by atoms with van der Waals surface area (Å²) in [6, 6.07) is 0. The van der Waals surface area contributed by atoms with Crippen LogP contribution < -0.4 is 0 Å². The number of rotatable bonds is 2. The van der Waals surface area contributed by atoms with Crippen molar-refractivity contribution in [1.82, 2.24) is 0 Å². The van der Waals surface area contributed by atoms with Gasteiger partial charge in [0.25, 0.3) is 0 Å². The molecule has 4 fully saturated rings. The maximum absolute atomic E-state index is 15.2. The van der Waals surface area contributed by atoms with E-state index < -0.39 is 6.17 Å². The van der Waals surface area contributed by atoms with Crippen LogP contribution in [0.1, 0.15) is 65.2 Å². The molecule has 0 aromatic heterocycles. The van der Waals surface area contributed by atoms with Crippen molar-refractivity contribution >= 4 is 5.78 Å². The topological polar surface area (TPSA) is 57.5 Å². The molecule has 4 aliphatic carbocycles. The van der Waals surface area contributed by atoms with Crippen LogP contribution in [-0.4, -0.2) is 34.9 Å². The minimum absolute atomic E-state index is 0.00173. The quantitative estimate of drug-likeness (QED) is 0.799. The van der Waals surface area contributed by atoms with Crippen molar-refractivity contribution < 1.29 is 19.4 Å². The van der Waals surface area contributed by atoms with E-state index in [1.807, 2.05) is 0 Å². The molecular formula is C21H33FO3. The minimum Gasteiger partial charge on any atom is -0.393 e. The number of carbonyl (C=O) groups excluding carboxylic acids is 1. The maximum atomic E-state index is 15.2. The summed E-state index contributed by atoms with van der Waals surface area (Å²) in [6.07, 6.45) is 5.77. The molecule has 0 aromatic rings. The molecule has 9 atom stereocenters. The van der Waals surface area contributed by atoms with Crippen LogP contribution in [0.15, 0.2) is 0 Å². The van der Waals surface area contributed by atoms with Crippen molar-refractivity contribution in [3.8, 4) is 0 Å². The molecule has 4 aliphatic rings. The zero-order valence-electron chi connectivity index (χ0n) is 15.6. The number of alkyl halides is 1. The SMILES string of the molecule is C[C@]12CC[C@@H](O)C[C@H]1[C@H](F)C[C@@H]1[C@@H]2CC[C@]2(C)[C@@H](C(=O)CO)CC[C@@H]12. The van der Waals surface area contributed by atoms with Crippen LogP contribution in [0.3, 0.4) is 0 Å². The molecule has 0 heterocycles. The molecule has 0 aliphatic heterocycles. The summed E-state index contributed by atoms with van der Waals surface area (Å²) in [5.74, 6) is 1.24. The van der Waals surface area contributed by atoms with Crippen molar-refractivity contribution in [2.45, 2.75) is 77.5 Å². The predicted molar refractivity (Wildman–Crippen MR) is 93.6 cm³/mol. The first-order chi connectivity index (χ1) is 11.8. The Labute approximate surface area is 150 Å². The van der Waals surface area contributed by atoms with Crippen LogP contribution in [0.2, 0.25) is 0 Å². The number of hydrogen-bond donors (Lipinski definition) is 2. The molecule has 0 spiro atoms. The number of aliphatic hydroxyl groups excluding tert-OH is 2. The summed E-state index contributed by atoms with van der Waals surface area (Å²) in [6.45, 7) is 4.15. The first-order valence-corrected chi connectivity index (χ1v) is 10.3. The normalized spacial score (nSPS) is 55.2. The lowest BCUT2D eigenvalue weighted by atomic mass is 9.44. The number of ketones is 1. The van der Waals surface area contributed by atoms with E-state index in [9.17, 15) is 15.0 Å². The van der Waals surface area contributed by atoms with E-state index >= 15 is 4.39 Å². The van der Waals surface area contributed by atoms with Crippen molar-refractivity contribution in [2.75, 3.05) is 6.61 Å². The van der Waals surface area contributed by atoms with E-state index in [0.717, 1.165) is 38.5 Å². The summed E-state index contributed by atoms with van der Waals surface area (Å²) in [5.41, 5.74) is -0.0555. The van der Waals surface area contributed by atoms with E-state index in [-0.39, 0.29) is 41.2 Å². The van der Waals surface area contributed by atoms with Crippen molar-refractivity contribution in [3.63, 3.8) is 0 Å². The van der Waals surface area contributed by atoms with Gasteiger partial charge in [0.1, 0.15) is 12.8 Å². The fourth-order valence-corrected chi connectivity index (χ4v) is 7.86. The number of Topliss-reactive ketones (excluding diaryl/α,β-unsaturated/α-hetero) is 1. The molecule has 3 nitrogen and oxygen atoms in total. The molecule has 4 rings (SSSR count). The van der Waals surface area contributed by atoms with Gasteiger partial charge in [0, 0.05) is 5.92 Å². The molecule has 0 saturated heterocycles. The molecule has 0 amide bonds. The maximum Gasteiger partial charge on any atom is 0.161 e. The molecule has 2 N–H and O–H groups in total.